The van der Waals surface area contributed by atoms with Crippen molar-refractivity contribution in [2.75, 3.05) is 19.0 Å². The molecule has 1 heterocycles. The molecule has 3 rings (SSSR count). The van der Waals surface area contributed by atoms with Crippen LogP contribution in [-0.2, 0) is 22.4 Å². The molecule has 0 atom stereocenters. The highest BCUT2D eigenvalue weighted by Gasteiger charge is 2.18. The van der Waals surface area contributed by atoms with E-state index in [-0.39, 0.29) is 12.5 Å². The summed E-state index contributed by atoms with van der Waals surface area (Å²) in [6.07, 6.45) is 4.40. The Kier molecular flexibility index (Phi) is 5.15. The van der Waals surface area contributed by atoms with Gasteiger partial charge in [-0.25, -0.2) is 4.79 Å². The number of thiophene rings is 1. The van der Waals surface area contributed by atoms with Crippen molar-refractivity contribution < 1.29 is 19.1 Å². The number of carbonyl (C=O) groups is 2. The van der Waals surface area contributed by atoms with Crippen molar-refractivity contribution in [3.8, 4) is 5.75 Å². The molecule has 126 valence electrons. The number of methoxy groups -OCH3 is 1. The summed E-state index contributed by atoms with van der Waals surface area (Å²) >= 11 is 1.48. The molecule has 1 aliphatic carbocycles. The van der Waals surface area contributed by atoms with Gasteiger partial charge in [0.15, 0.2) is 6.61 Å². The molecule has 1 aromatic heterocycles. The lowest BCUT2D eigenvalue weighted by Crippen LogP contribution is -2.20. The Morgan fingerprint density at radius 1 is 1.17 bits per heavy atom. The first-order valence-corrected chi connectivity index (χ1v) is 8.70. The number of nitrogens with one attached hydrogen (secondary N) is 1. The second-order valence-corrected chi connectivity index (χ2v) is 6.76. The predicted octanol–water partition coefficient (Wildman–Crippen LogP) is 3.43. The SMILES string of the molecule is COc1ccc(NC(=O)COC(=O)c2cc3c(s2)CCCC3)cc1. The summed E-state index contributed by atoms with van der Waals surface area (Å²) in [4.78, 5) is 25.8. The molecule has 1 amide bonds. The molecular weight excluding hydrogens is 326 g/mol. The molecule has 5 nitrogen and oxygen atoms in total. The van der Waals surface area contributed by atoms with E-state index in [1.165, 1.54) is 34.6 Å². The van der Waals surface area contributed by atoms with E-state index in [4.69, 9.17) is 9.47 Å². The van der Waals surface area contributed by atoms with Crippen LogP contribution in [0.15, 0.2) is 30.3 Å². The maximum Gasteiger partial charge on any atom is 0.348 e. The Labute approximate surface area is 144 Å². The third kappa shape index (κ3) is 3.94. The molecule has 0 saturated heterocycles. The molecular formula is C18H19NO4S. The largest absolute Gasteiger partial charge is 0.497 e. The van der Waals surface area contributed by atoms with Crippen molar-refractivity contribution in [2.24, 2.45) is 0 Å². The number of esters is 1. The van der Waals surface area contributed by atoms with Gasteiger partial charge in [0.25, 0.3) is 5.91 Å². The van der Waals surface area contributed by atoms with Crippen molar-refractivity contribution in [1.29, 1.82) is 0 Å². The Morgan fingerprint density at radius 2 is 1.92 bits per heavy atom. The quantitative estimate of drug-likeness (QED) is 0.843. The summed E-state index contributed by atoms with van der Waals surface area (Å²) in [7, 11) is 1.58. The highest BCUT2D eigenvalue weighted by atomic mass is 32.1. The third-order valence-corrected chi connectivity index (χ3v) is 5.12. The number of hydrogen-bond donors (Lipinski definition) is 1. The Bertz CT molecular complexity index is 712. The number of ether oxygens (including phenoxy) is 2. The van der Waals surface area contributed by atoms with E-state index < -0.39 is 5.97 Å². The van der Waals surface area contributed by atoms with Crippen LogP contribution in [0.25, 0.3) is 0 Å². The van der Waals surface area contributed by atoms with E-state index >= 15 is 0 Å². The number of aryl methyl sites for hydroxylation is 2. The van der Waals surface area contributed by atoms with Crippen molar-refractivity contribution >= 4 is 28.9 Å². The lowest BCUT2D eigenvalue weighted by atomic mass is 9.99. The Hall–Kier alpha value is -2.34. The normalized spacial score (nSPS) is 13.0. The fourth-order valence-electron chi connectivity index (χ4n) is 2.66. The van der Waals surface area contributed by atoms with Crippen molar-refractivity contribution in [3.05, 3.63) is 45.6 Å². The molecule has 0 spiro atoms. The van der Waals surface area contributed by atoms with Crippen LogP contribution in [-0.4, -0.2) is 25.6 Å². The molecule has 1 aromatic carbocycles. The monoisotopic (exact) mass is 345 g/mol. The van der Waals surface area contributed by atoms with Gasteiger partial charge in [0.05, 0.1) is 7.11 Å². The standard InChI is InChI=1S/C18H19NO4S/c1-22-14-8-6-13(7-9-14)19-17(20)11-23-18(21)16-10-12-4-2-3-5-15(12)24-16/h6-10H,2-5,11H2,1H3,(H,19,20). The second kappa shape index (κ2) is 7.49. The van der Waals surface area contributed by atoms with Crippen molar-refractivity contribution in [2.45, 2.75) is 25.7 Å². The minimum atomic E-state index is -0.431. The summed E-state index contributed by atoms with van der Waals surface area (Å²) < 4.78 is 10.2. The topological polar surface area (TPSA) is 64.6 Å². The van der Waals surface area contributed by atoms with E-state index in [2.05, 4.69) is 5.32 Å². The summed E-state index contributed by atoms with van der Waals surface area (Å²) in [5, 5.41) is 2.68. The molecule has 6 heteroatoms. The van der Waals surface area contributed by atoms with Gasteiger partial charge in [-0.05, 0) is 61.6 Å². The molecule has 0 bridgehead atoms. The maximum atomic E-state index is 12.1. The zero-order valence-electron chi connectivity index (χ0n) is 13.5. The zero-order valence-corrected chi connectivity index (χ0v) is 14.3. The highest BCUT2D eigenvalue weighted by Crippen LogP contribution is 2.30. The number of amides is 1. The van der Waals surface area contributed by atoms with E-state index in [1.54, 1.807) is 31.4 Å². The minimum absolute atomic E-state index is 0.298. The van der Waals surface area contributed by atoms with Gasteiger partial charge in [-0.2, -0.15) is 0 Å². The summed E-state index contributed by atoms with van der Waals surface area (Å²) in [5.74, 6) is -0.0878. The number of hydrogen-bond acceptors (Lipinski definition) is 5. The molecule has 2 aromatic rings. The molecule has 0 unspecified atom stereocenters. The van der Waals surface area contributed by atoms with E-state index in [9.17, 15) is 9.59 Å². The lowest BCUT2D eigenvalue weighted by molar-refractivity contribution is -0.119. The van der Waals surface area contributed by atoms with Gasteiger partial charge in [0, 0.05) is 10.6 Å². The first kappa shape index (κ1) is 16.5. The number of anilines is 1. The number of fused-ring (bicyclic) bond motifs is 1. The van der Waals surface area contributed by atoms with Gasteiger partial charge in [-0.3, -0.25) is 4.79 Å². The lowest BCUT2D eigenvalue weighted by Gasteiger charge is -2.08. The van der Waals surface area contributed by atoms with Gasteiger partial charge in [0.2, 0.25) is 0 Å². The average molecular weight is 345 g/mol. The van der Waals surface area contributed by atoms with Crippen LogP contribution in [0.1, 0.15) is 33.0 Å². The fraction of sp³-hybridized carbons (Fsp3) is 0.333. The van der Waals surface area contributed by atoms with Gasteiger partial charge in [-0.1, -0.05) is 0 Å². The van der Waals surface area contributed by atoms with E-state index in [0.29, 0.717) is 16.3 Å². The molecule has 0 aliphatic heterocycles. The predicted molar refractivity (Wildman–Crippen MR) is 92.9 cm³/mol. The second-order valence-electron chi connectivity index (χ2n) is 5.62. The van der Waals surface area contributed by atoms with Crippen LogP contribution in [0, 0.1) is 0 Å². The molecule has 1 N–H and O–H groups in total. The fourth-order valence-corrected chi connectivity index (χ4v) is 3.81. The van der Waals surface area contributed by atoms with Crippen molar-refractivity contribution in [3.63, 3.8) is 0 Å². The van der Waals surface area contributed by atoms with Crippen LogP contribution in [0.2, 0.25) is 0 Å². The van der Waals surface area contributed by atoms with Crippen LogP contribution in [0.4, 0.5) is 5.69 Å². The smallest absolute Gasteiger partial charge is 0.348 e. The maximum absolute atomic E-state index is 12.1. The van der Waals surface area contributed by atoms with Crippen LogP contribution in [0.3, 0.4) is 0 Å². The van der Waals surface area contributed by atoms with Gasteiger partial charge in [-0.15, -0.1) is 11.3 Å². The van der Waals surface area contributed by atoms with Gasteiger partial charge < -0.3 is 14.8 Å². The molecule has 24 heavy (non-hydrogen) atoms. The van der Waals surface area contributed by atoms with Crippen LogP contribution < -0.4 is 10.1 Å². The van der Waals surface area contributed by atoms with Crippen LogP contribution in [0.5, 0.6) is 5.75 Å². The molecule has 1 aliphatic rings. The Morgan fingerprint density at radius 3 is 2.62 bits per heavy atom. The number of benzene rings is 1. The minimum Gasteiger partial charge on any atom is -0.497 e. The average Bonchev–Trinajstić information content (AvgIpc) is 3.04. The van der Waals surface area contributed by atoms with Crippen LogP contribution >= 0.6 is 11.3 Å². The summed E-state index contributed by atoms with van der Waals surface area (Å²) in [5.41, 5.74) is 1.88. The first-order valence-electron chi connectivity index (χ1n) is 7.88. The number of carbonyl (C=O) groups excluding carboxylic acids is 2. The third-order valence-electron chi connectivity index (χ3n) is 3.91. The van der Waals surface area contributed by atoms with E-state index in [0.717, 1.165) is 12.8 Å². The van der Waals surface area contributed by atoms with Crippen molar-refractivity contribution in [1.82, 2.24) is 0 Å². The molecule has 0 saturated carbocycles. The molecule has 0 radical (unpaired) electrons. The molecule has 0 fully saturated rings. The first-order chi connectivity index (χ1) is 11.7. The van der Waals surface area contributed by atoms with Gasteiger partial charge >= 0.3 is 5.97 Å². The van der Waals surface area contributed by atoms with Gasteiger partial charge in [0.1, 0.15) is 10.6 Å². The zero-order chi connectivity index (χ0) is 16.9. The summed E-state index contributed by atoms with van der Waals surface area (Å²) in [6.45, 7) is -0.298. The Balaban J connectivity index is 1.51. The highest BCUT2D eigenvalue weighted by molar-refractivity contribution is 7.14. The van der Waals surface area contributed by atoms with E-state index in [1.807, 2.05) is 6.07 Å². The summed E-state index contributed by atoms with van der Waals surface area (Å²) in [6, 6.07) is 8.86. The number of rotatable bonds is 5.